The van der Waals surface area contributed by atoms with Crippen LogP contribution in [0.5, 0.6) is 5.75 Å². The van der Waals surface area contributed by atoms with Crippen molar-refractivity contribution in [1.29, 1.82) is 0 Å². The monoisotopic (exact) mass is 466 g/mol. The van der Waals surface area contributed by atoms with Crippen LogP contribution in [0.15, 0.2) is 48.3 Å². The van der Waals surface area contributed by atoms with E-state index in [1.54, 1.807) is 12.2 Å². The fourth-order valence-electron chi connectivity index (χ4n) is 4.26. The Morgan fingerprint density at radius 2 is 1.73 bits per heavy atom. The van der Waals surface area contributed by atoms with Gasteiger partial charge in [-0.1, -0.05) is 0 Å². The molecule has 33 heavy (non-hydrogen) atoms. The highest BCUT2D eigenvalue weighted by atomic mass is 16.8. The van der Waals surface area contributed by atoms with Crippen LogP contribution in [0, 0.1) is 11.8 Å². The van der Waals surface area contributed by atoms with Gasteiger partial charge in [-0.15, -0.1) is 0 Å². The van der Waals surface area contributed by atoms with Crippen molar-refractivity contribution in [3.63, 3.8) is 0 Å². The summed E-state index contributed by atoms with van der Waals surface area (Å²) in [5, 5.41) is 58.8. The molecule has 0 spiro atoms. The van der Waals surface area contributed by atoms with E-state index in [1.807, 2.05) is 0 Å². The van der Waals surface area contributed by atoms with E-state index in [-0.39, 0.29) is 17.9 Å². The predicted molar refractivity (Wildman–Crippen MR) is 108 cm³/mol. The molecular formula is C22H26O11. The fourth-order valence-corrected chi connectivity index (χ4v) is 4.26. The zero-order chi connectivity index (χ0) is 23.7. The van der Waals surface area contributed by atoms with Crippen LogP contribution in [-0.4, -0.2) is 92.9 Å². The molecule has 0 radical (unpaired) electrons. The molecule has 2 aliphatic heterocycles. The molecule has 1 aromatic rings. The third-order valence-corrected chi connectivity index (χ3v) is 6.05. The first-order valence-electron chi connectivity index (χ1n) is 10.4. The summed E-state index contributed by atoms with van der Waals surface area (Å²) in [6.07, 6.45) is -4.61. The van der Waals surface area contributed by atoms with E-state index < -0.39 is 67.5 Å². The van der Waals surface area contributed by atoms with Crippen LogP contribution < -0.4 is 0 Å². The lowest BCUT2D eigenvalue weighted by Crippen LogP contribution is -2.60. The van der Waals surface area contributed by atoms with Crippen LogP contribution in [-0.2, 0) is 18.9 Å². The van der Waals surface area contributed by atoms with Gasteiger partial charge in [0.15, 0.2) is 6.29 Å². The Labute approximate surface area is 188 Å². The molecule has 1 aromatic carbocycles. The first-order chi connectivity index (χ1) is 15.8. The highest BCUT2D eigenvalue weighted by molar-refractivity contribution is 5.89. The third kappa shape index (κ3) is 4.62. The van der Waals surface area contributed by atoms with Crippen molar-refractivity contribution in [3.8, 4) is 5.75 Å². The second kappa shape index (κ2) is 9.77. The molecule has 1 aliphatic carbocycles. The lowest BCUT2D eigenvalue weighted by atomic mass is 9.88. The van der Waals surface area contributed by atoms with Gasteiger partial charge < -0.3 is 49.6 Å². The topological polar surface area (TPSA) is 175 Å². The lowest BCUT2D eigenvalue weighted by Gasteiger charge is -2.42. The van der Waals surface area contributed by atoms with Crippen molar-refractivity contribution >= 4 is 5.97 Å². The molecule has 11 heteroatoms. The summed E-state index contributed by atoms with van der Waals surface area (Å²) < 4.78 is 22.3. The minimum Gasteiger partial charge on any atom is -0.508 e. The van der Waals surface area contributed by atoms with Crippen LogP contribution in [0.2, 0.25) is 0 Å². The Bertz CT molecular complexity index is 896. The first kappa shape index (κ1) is 23.6. The number of ether oxygens (including phenoxy) is 4. The van der Waals surface area contributed by atoms with Crippen molar-refractivity contribution in [2.45, 2.75) is 43.1 Å². The number of aliphatic hydroxyl groups excluding tert-OH is 5. The Balaban J connectivity index is 1.49. The zero-order valence-corrected chi connectivity index (χ0v) is 17.4. The Morgan fingerprint density at radius 1 is 1.00 bits per heavy atom. The van der Waals surface area contributed by atoms with Gasteiger partial charge in [0.1, 0.15) is 36.3 Å². The van der Waals surface area contributed by atoms with Gasteiger partial charge in [-0.2, -0.15) is 0 Å². The molecule has 0 bridgehead atoms. The summed E-state index contributed by atoms with van der Waals surface area (Å²) in [6.45, 7) is -0.987. The predicted octanol–water partition coefficient (Wildman–Crippen LogP) is -1.23. The minimum absolute atomic E-state index is 0.00971. The van der Waals surface area contributed by atoms with Crippen molar-refractivity contribution in [3.05, 3.63) is 53.8 Å². The van der Waals surface area contributed by atoms with E-state index in [0.717, 1.165) is 0 Å². The Morgan fingerprint density at radius 3 is 2.39 bits per heavy atom. The number of benzene rings is 1. The second-order valence-electron chi connectivity index (χ2n) is 8.09. The molecule has 6 N–H and O–H groups in total. The van der Waals surface area contributed by atoms with E-state index in [9.17, 15) is 35.4 Å². The van der Waals surface area contributed by atoms with Crippen LogP contribution in [0.3, 0.4) is 0 Å². The van der Waals surface area contributed by atoms with Crippen LogP contribution >= 0.6 is 0 Å². The number of phenols is 1. The summed E-state index contributed by atoms with van der Waals surface area (Å²) >= 11 is 0. The summed E-state index contributed by atoms with van der Waals surface area (Å²) in [5.41, 5.74) is 0.711. The van der Waals surface area contributed by atoms with Crippen LogP contribution in [0.4, 0.5) is 0 Å². The highest BCUT2D eigenvalue weighted by Gasteiger charge is 2.50. The maximum atomic E-state index is 12.5. The number of hydrogen-bond donors (Lipinski definition) is 6. The molecule has 2 heterocycles. The van der Waals surface area contributed by atoms with E-state index >= 15 is 0 Å². The minimum atomic E-state index is -1.62. The molecule has 9 atom stereocenters. The maximum Gasteiger partial charge on any atom is 0.338 e. The molecule has 0 amide bonds. The maximum absolute atomic E-state index is 12.5. The van der Waals surface area contributed by atoms with E-state index in [4.69, 9.17) is 18.9 Å². The molecule has 0 unspecified atom stereocenters. The van der Waals surface area contributed by atoms with Gasteiger partial charge in [-0.3, -0.25) is 0 Å². The average molecular weight is 466 g/mol. The van der Waals surface area contributed by atoms with Gasteiger partial charge in [-0.25, -0.2) is 4.79 Å². The Hall–Kier alpha value is -2.51. The second-order valence-corrected chi connectivity index (χ2v) is 8.09. The molecule has 3 aliphatic rings. The van der Waals surface area contributed by atoms with Gasteiger partial charge >= 0.3 is 5.97 Å². The van der Waals surface area contributed by atoms with Gasteiger partial charge in [0, 0.05) is 5.92 Å². The van der Waals surface area contributed by atoms with E-state index in [2.05, 4.69) is 0 Å². The number of aliphatic hydroxyl groups is 5. The normalized spacial score (nSPS) is 37.7. The number of hydrogen-bond acceptors (Lipinski definition) is 11. The molecule has 11 nitrogen and oxygen atoms in total. The van der Waals surface area contributed by atoms with Gasteiger partial charge in [0.25, 0.3) is 0 Å². The van der Waals surface area contributed by atoms with Crippen molar-refractivity contribution in [2.75, 3.05) is 13.2 Å². The summed E-state index contributed by atoms with van der Waals surface area (Å²) in [7, 11) is 0. The number of phenolic OH excluding ortho intramolecular Hbond substituents is 1. The zero-order valence-electron chi connectivity index (χ0n) is 17.4. The standard InChI is InChI=1S/C22H26O11/c23-8-11-7-14(31-20(29)10-1-3-12(25)4-2-10)13-5-6-30-21(16(11)13)33-22-19(28)18(27)17(26)15(9-24)32-22/h1-7,13-19,21-28H,8-9H2/t13-,14-,15+,16+,17-,18-,19-,21-,22+/m1/s1. The largest absolute Gasteiger partial charge is 0.508 e. The van der Waals surface area contributed by atoms with Crippen molar-refractivity contribution in [2.24, 2.45) is 11.8 Å². The number of aromatic hydroxyl groups is 1. The molecule has 0 aromatic heterocycles. The van der Waals surface area contributed by atoms with E-state index in [1.165, 1.54) is 30.5 Å². The SMILES string of the molecule is O=C(O[C@@H]1C=C(CO)[C@@H]2[C@@H](O[C@@H]3O[C@@H](CO)[C@@H](O)[C@@H](O)[C@H]3O)OC=C[C@@H]21)c1ccc(O)cc1. The quantitative estimate of drug-likeness (QED) is 0.219. The molecule has 4 rings (SSSR count). The number of carbonyl (C=O) groups is 1. The highest BCUT2D eigenvalue weighted by Crippen LogP contribution is 2.42. The fraction of sp³-hybridized carbons (Fsp3) is 0.500. The molecular weight excluding hydrogens is 440 g/mol. The first-order valence-corrected chi connectivity index (χ1v) is 10.4. The van der Waals surface area contributed by atoms with Crippen molar-refractivity contribution in [1.82, 2.24) is 0 Å². The van der Waals surface area contributed by atoms with Crippen LogP contribution in [0.1, 0.15) is 10.4 Å². The molecule has 180 valence electrons. The number of rotatable bonds is 6. The average Bonchev–Trinajstić information content (AvgIpc) is 3.18. The third-order valence-electron chi connectivity index (χ3n) is 6.05. The molecule has 0 saturated carbocycles. The number of esters is 1. The summed E-state index contributed by atoms with van der Waals surface area (Å²) in [6, 6.07) is 5.57. The summed E-state index contributed by atoms with van der Waals surface area (Å²) in [5.74, 6) is -1.68. The van der Waals surface area contributed by atoms with Gasteiger partial charge in [-0.05, 0) is 42.0 Å². The Kier molecular flexibility index (Phi) is 7.00. The number of carbonyl (C=O) groups excluding carboxylic acids is 1. The van der Waals surface area contributed by atoms with Crippen LogP contribution in [0.25, 0.3) is 0 Å². The van der Waals surface area contributed by atoms with Gasteiger partial charge in [0.2, 0.25) is 6.29 Å². The van der Waals surface area contributed by atoms with Gasteiger partial charge in [0.05, 0.1) is 31.0 Å². The number of fused-ring (bicyclic) bond motifs is 1. The van der Waals surface area contributed by atoms with E-state index in [0.29, 0.717) is 5.57 Å². The smallest absolute Gasteiger partial charge is 0.338 e. The van der Waals surface area contributed by atoms with Crippen molar-refractivity contribution < 1.29 is 54.4 Å². The summed E-state index contributed by atoms with van der Waals surface area (Å²) in [4.78, 5) is 12.5. The molecule has 1 saturated heterocycles. The molecule has 1 fully saturated rings. The lowest BCUT2D eigenvalue weighted by molar-refractivity contribution is -0.339.